The summed E-state index contributed by atoms with van der Waals surface area (Å²) < 4.78 is 30.7. The van der Waals surface area contributed by atoms with Gasteiger partial charge in [0.15, 0.2) is 0 Å². The van der Waals surface area contributed by atoms with E-state index in [0.717, 1.165) is 16.4 Å². The van der Waals surface area contributed by atoms with Gasteiger partial charge in [-0.3, -0.25) is 10.1 Å². The van der Waals surface area contributed by atoms with Crippen molar-refractivity contribution in [3.8, 4) is 5.75 Å². The first-order valence-corrected chi connectivity index (χ1v) is 7.11. The number of non-ortho nitro benzene ring substituents is 1. The molecular formula is C11H16N2O6S. The molecule has 0 heterocycles. The van der Waals surface area contributed by atoms with Gasteiger partial charge in [-0.1, -0.05) is 0 Å². The maximum atomic E-state index is 12.4. The lowest BCUT2D eigenvalue weighted by atomic mass is 10.3. The number of nitro groups is 1. The van der Waals surface area contributed by atoms with E-state index in [2.05, 4.69) is 0 Å². The molecule has 1 N–H and O–H groups in total. The van der Waals surface area contributed by atoms with Crippen LogP contribution in [0.3, 0.4) is 0 Å². The van der Waals surface area contributed by atoms with Crippen molar-refractivity contribution in [3.63, 3.8) is 0 Å². The van der Waals surface area contributed by atoms with E-state index < -0.39 is 21.0 Å². The molecule has 1 atom stereocenters. The Bertz CT molecular complexity index is 601. The molecule has 1 rings (SSSR count). The van der Waals surface area contributed by atoms with E-state index >= 15 is 0 Å². The number of hydrogen-bond acceptors (Lipinski definition) is 6. The van der Waals surface area contributed by atoms with Crippen molar-refractivity contribution in [3.05, 3.63) is 28.3 Å². The van der Waals surface area contributed by atoms with Gasteiger partial charge in [-0.25, -0.2) is 8.42 Å². The number of methoxy groups -OCH3 is 1. The Balaban J connectivity index is 3.42. The molecule has 9 heteroatoms. The van der Waals surface area contributed by atoms with Crippen molar-refractivity contribution in [2.75, 3.05) is 20.8 Å². The molecule has 0 aliphatic heterocycles. The van der Waals surface area contributed by atoms with E-state index in [9.17, 15) is 18.5 Å². The maximum Gasteiger partial charge on any atom is 0.271 e. The van der Waals surface area contributed by atoms with E-state index in [1.165, 1.54) is 27.1 Å². The van der Waals surface area contributed by atoms with Crippen molar-refractivity contribution in [1.82, 2.24) is 4.31 Å². The smallest absolute Gasteiger partial charge is 0.271 e. The summed E-state index contributed by atoms with van der Waals surface area (Å²) in [5, 5.41) is 19.8. The highest BCUT2D eigenvalue weighted by Gasteiger charge is 2.29. The Morgan fingerprint density at radius 3 is 2.55 bits per heavy atom. The summed E-state index contributed by atoms with van der Waals surface area (Å²) in [6, 6.07) is 2.66. The first-order chi connectivity index (χ1) is 9.25. The second kappa shape index (κ2) is 6.16. The van der Waals surface area contributed by atoms with Gasteiger partial charge < -0.3 is 9.84 Å². The molecular weight excluding hydrogens is 288 g/mol. The minimum Gasteiger partial charge on any atom is -0.495 e. The van der Waals surface area contributed by atoms with Gasteiger partial charge in [-0.2, -0.15) is 4.31 Å². The normalized spacial score (nSPS) is 13.2. The lowest BCUT2D eigenvalue weighted by Gasteiger charge is -2.23. The Morgan fingerprint density at radius 2 is 2.10 bits per heavy atom. The molecule has 0 bridgehead atoms. The van der Waals surface area contributed by atoms with Crippen LogP contribution in [-0.4, -0.2) is 49.6 Å². The van der Waals surface area contributed by atoms with Crippen LogP contribution < -0.4 is 4.74 Å². The number of aliphatic hydroxyl groups excluding tert-OH is 1. The number of likely N-dealkylation sites (N-methyl/N-ethyl adjacent to an activating group) is 1. The van der Waals surface area contributed by atoms with Crippen LogP contribution in [-0.2, 0) is 10.0 Å². The van der Waals surface area contributed by atoms with Gasteiger partial charge >= 0.3 is 0 Å². The third kappa shape index (κ3) is 3.06. The van der Waals surface area contributed by atoms with E-state index in [0.29, 0.717) is 0 Å². The number of benzene rings is 1. The zero-order valence-electron chi connectivity index (χ0n) is 11.3. The van der Waals surface area contributed by atoms with Crippen molar-refractivity contribution in [1.29, 1.82) is 0 Å². The van der Waals surface area contributed by atoms with Crippen molar-refractivity contribution in [2.24, 2.45) is 0 Å². The van der Waals surface area contributed by atoms with Crippen molar-refractivity contribution < 1.29 is 23.2 Å². The van der Waals surface area contributed by atoms with E-state index in [4.69, 9.17) is 9.84 Å². The molecule has 0 aliphatic carbocycles. The van der Waals surface area contributed by atoms with Gasteiger partial charge in [0.1, 0.15) is 10.6 Å². The summed E-state index contributed by atoms with van der Waals surface area (Å²) in [5.41, 5.74) is -0.352. The second-order valence-corrected chi connectivity index (χ2v) is 6.11. The number of rotatable bonds is 6. The molecule has 20 heavy (non-hydrogen) atoms. The first kappa shape index (κ1) is 16.3. The first-order valence-electron chi connectivity index (χ1n) is 5.67. The highest BCUT2D eigenvalue weighted by atomic mass is 32.2. The highest BCUT2D eigenvalue weighted by molar-refractivity contribution is 7.89. The Labute approximate surface area is 116 Å². The molecule has 0 aromatic heterocycles. The van der Waals surface area contributed by atoms with Crippen LogP contribution in [0.25, 0.3) is 0 Å². The van der Waals surface area contributed by atoms with Gasteiger partial charge in [0.2, 0.25) is 10.0 Å². The van der Waals surface area contributed by atoms with E-state index in [1.54, 1.807) is 0 Å². The molecule has 0 aliphatic rings. The molecule has 0 saturated heterocycles. The molecule has 112 valence electrons. The number of ether oxygens (including phenoxy) is 1. The maximum absolute atomic E-state index is 12.4. The van der Waals surface area contributed by atoms with Crippen LogP contribution in [0.1, 0.15) is 6.92 Å². The summed E-state index contributed by atoms with van der Waals surface area (Å²) in [5.74, 6) is 0.00703. The summed E-state index contributed by atoms with van der Waals surface area (Å²) in [7, 11) is -1.45. The predicted molar refractivity (Wildman–Crippen MR) is 71.1 cm³/mol. The molecule has 0 amide bonds. The second-order valence-electron chi connectivity index (χ2n) is 4.15. The fourth-order valence-electron chi connectivity index (χ4n) is 1.49. The monoisotopic (exact) mass is 304 g/mol. The molecule has 0 radical (unpaired) electrons. The number of nitrogens with zero attached hydrogens (tertiary/aromatic N) is 2. The van der Waals surface area contributed by atoms with Crippen LogP contribution in [0.4, 0.5) is 5.69 Å². The largest absolute Gasteiger partial charge is 0.495 e. The Hall–Kier alpha value is -1.71. The van der Waals surface area contributed by atoms with Crippen molar-refractivity contribution in [2.45, 2.75) is 17.9 Å². The van der Waals surface area contributed by atoms with E-state index in [-0.39, 0.29) is 22.9 Å². The standard InChI is InChI=1S/C11H16N2O6S/c1-8(7-14)12(2)20(17,18)11-6-9(13(15)16)4-5-10(11)19-3/h4-6,8,14H,7H2,1-3H3. The summed E-state index contributed by atoms with van der Waals surface area (Å²) in [6.45, 7) is 1.15. The van der Waals surface area contributed by atoms with Crippen LogP contribution >= 0.6 is 0 Å². The molecule has 1 unspecified atom stereocenters. The van der Waals surface area contributed by atoms with Crippen LogP contribution in [0, 0.1) is 10.1 Å². The van der Waals surface area contributed by atoms with E-state index in [1.807, 2.05) is 0 Å². The Kier molecular flexibility index (Phi) is 5.03. The summed E-state index contributed by atoms with van der Waals surface area (Å²) in [6.07, 6.45) is 0. The van der Waals surface area contributed by atoms with Crippen LogP contribution in [0.5, 0.6) is 5.75 Å². The summed E-state index contributed by atoms with van der Waals surface area (Å²) in [4.78, 5) is 9.76. The minimum absolute atomic E-state index is 0.00703. The molecule has 8 nitrogen and oxygen atoms in total. The van der Waals surface area contributed by atoms with Gasteiger partial charge in [0.25, 0.3) is 5.69 Å². The summed E-state index contributed by atoms with van der Waals surface area (Å²) >= 11 is 0. The molecule has 1 aromatic rings. The third-order valence-corrected chi connectivity index (χ3v) is 4.89. The lowest BCUT2D eigenvalue weighted by molar-refractivity contribution is -0.385. The minimum atomic E-state index is -4.01. The number of hydrogen-bond donors (Lipinski definition) is 1. The zero-order valence-corrected chi connectivity index (χ0v) is 12.1. The van der Waals surface area contributed by atoms with Crippen LogP contribution in [0.15, 0.2) is 23.1 Å². The average molecular weight is 304 g/mol. The van der Waals surface area contributed by atoms with Crippen molar-refractivity contribution >= 4 is 15.7 Å². The topological polar surface area (TPSA) is 110 Å². The van der Waals surface area contributed by atoms with Gasteiger partial charge in [0, 0.05) is 25.2 Å². The molecule has 1 aromatic carbocycles. The molecule has 0 fully saturated rings. The number of aliphatic hydroxyl groups is 1. The number of nitro benzene ring substituents is 1. The fraction of sp³-hybridized carbons (Fsp3) is 0.455. The SMILES string of the molecule is COc1ccc([N+](=O)[O-])cc1S(=O)(=O)N(C)C(C)CO. The van der Waals surface area contributed by atoms with Gasteiger partial charge in [0.05, 0.1) is 18.6 Å². The highest BCUT2D eigenvalue weighted by Crippen LogP contribution is 2.30. The van der Waals surface area contributed by atoms with Crippen LogP contribution in [0.2, 0.25) is 0 Å². The lowest BCUT2D eigenvalue weighted by Crippen LogP contribution is -2.37. The molecule has 0 saturated carbocycles. The average Bonchev–Trinajstić information content (AvgIpc) is 2.44. The Morgan fingerprint density at radius 1 is 1.50 bits per heavy atom. The fourth-order valence-corrected chi connectivity index (χ4v) is 3.01. The van der Waals surface area contributed by atoms with Gasteiger partial charge in [-0.15, -0.1) is 0 Å². The predicted octanol–water partition coefficient (Wildman–Crippen LogP) is 0.605. The number of sulfonamides is 1. The third-order valence-electron chi connectivity index (χ3n) is 2.90. The van der Waals surface area contributed by atoms with Gasteiger partial charge in [-0.05, 0) is 13.0 Å². The molecule has 0 spiro atoms. The zero-order chi connectivity index (χ0) is 15.5. The quantitative estimate of drug-likeness (QED) is 0.609.